The maximum absolute atomic E-state index is 13.2. The first-order valence-electron chi connectivity index (χ1n) is 10.6. The summed E-state index contributed by atoms with van der Waals surface area (Å²) in [6.45, 7) is 4.89. The molecule has 3 aromatic rings. The van der Waals surface area contributed by atoms with E-state index in [0.29, 0.717) is 10.9 Å². The number of carbonyl (C=O) groups excluding carboxylic acids is 1. The molecule has 1 aromatic heterocycles. The van der Waals surface area contributed by atoms with Gasteiger partial charge in [0.25, 0.3) is 5.91 Å². The first kappa shape index (κ1) is 25.8. The van der Waals surface area contributed by atoms with Gasteiger partial charge in [0.05, 0.1) is 18.2 Å². The van der Waals surface area contributed by atoms with Crippen LogP contribution in [-0.4, -0.2) is 35.1 Å². The molecule has 0 bridgehead atoms. The third-order valence-corrected chi connectivity index (χ3v) is 5.30. The zero-order valence-corrected chi connectivity index (χ0v) is 19.6. The van der Waals surface area contributed by atoms with Gasteiger partial charge in [-0.3, -0.25) is 4.79 Å². The average Bonchev–Trinajstić information content (AvgIpc) is 2.79. The molecule has 10 heteroatoms. The molecule has 7 nitrogen and oxygen atoms in total. The van der Waals surface area contributed by atoms with Crippen LogP contribution in [0.5, 0.6) is 11.6 Å². The highest BCUT2D eigenvalue weighted by atomic mass is 19.4. The molecule has 3 rings (SSSR count). The quantitative estimate of drug-likeness (QED) is 0.480. The predicted octanol–water partition coefficient (Wildman–Crippen LogP) is 5.07. The van der Waals surface area contributed by atoms with E-state index in [0.717, 1.165) is 12.1 Å². The second-order valence-electron chi connectivity index (χ2n) is 8.96. The standard InChI is InChI=1S/C25H25F3N2O5/c1-24(2,3)21(23(32)33)30-22(31)17-11-7-15-8-12-18(34-4)29-19(15)20(17)35-13-14-5-9-16(10-6-14)25(26,27)28/h5-12,21H,13H2,1-4H3,(H,30,31)(H,32,33)/t21-/m1/s1. The molecule has 0 fully saturated rings. The molecule has 0 spiro atoms. The Morgan fingerprint density at radius 3 is 2.20 bits per heavy atom. The summed E-state index contributed by atoms with van der Waals surface area (Å²) in [4.78, 5) is 29.3. The number of nitrogens with zero attached hydrogens (tertiary/aromatic N) is 1. The van der Waals surface area contributed by atoms with Gasteiger partial charge in [0, 0.05) is 11.5 Å². The molecule has 2 aromatic carbocycles. The monoisotopic (exact) mass is 490 g/mol. The van der Waals surface area contributed by atoms with Crippen LogP contribution in [0.4, 0.5) is 13.2 Å². The number of ether oxygens (including phenoxy) is 2. The summed E-state index contributed by atoms with van der Waals surface area (Å²) < 4.78 is 49.7. The van der Waals surface area contributed by atoms with E-state index in [1.54, 1.807) is 39.0 Å². The molecule has 0 unspecified atom stereocenters. The molecule has 0 aliphatic heterocycles. The van der Waals surface area contributed by atoms with Crippen LogP contribution in [0, 0.1) is 5.41 Å². The van der Waals surface area contributed by atoms with E-state index < -0.39 is 35.1 Å². The van der Waals surface area contributed by atoms with Gasteiger partial charge >= 0.3 is 12.1 Å². The third-order valence-electron chi connectivity index (χ3n) is 5.30. The van der Waals surface area contributed by atoms with E-state index in [-0.39, 0.29) is 29.3 Å². The fourth-order valence-corrected chi connectivity index (χ4v) is 3.39. The number of aliphatic carboxylic acids is 1. The molecular weight excluding hydrogens is 465 g/mol. The average molecular weight is 490 g/mol. The second kappa shape index (κ2) is 9.81. The second-order valence-corrected chi connectivity index (χ2v) is 8.96. The van der Waals surface area contributed by atoms with Crippen molar-refractivity contribution in [3.8, 4) is 11.6 Å². The van der Waals surface area contributed by atoms with Crippen LogP contribution in [0.3, 0.4) is 0 Å². The Bertz CT molecular complexity index is 1230. The Balaban J connectivity index is 2.00. The van der Waals surface area contributed by atoms with Gasteiger partial charge in [-0.2, -0.15) is 13.2 Å². The topological polar surface area (TPSA) is 97.8 Å². The van der Waals surface area contributed by atoms with Gasteiger partial charge < -0.3 is 19.9 Å². The lowest BCUT2D eigenvalue weighted by molar-refractivity contribution is -0.142. The SMILES string of the molecule is COc1ccc2ccc(C(=O)N[C@H](C(=O)O)C(C)(C)C)c(OCc3ccc(C(F)(F)F)cc3)c2n1. The van der Waals surface area contributed by atoms with E-state index in [4.69, 9.17) is 9.47 Å². The Morgan fingerprint density at radius 1 is 1.03 bits per heavy atom. The van der Waals surface area contributed by atoms with Crippen LogP contribution < -0.4 is 14.8 Å². The van der Waals surface area contributed by atoms with Crippen molar-refractivity contribution in [3.05, 3.63) is 65.2 Å². The number of carboxylic acids is 1. The van der Waals surface area contributed by atoms with Crippen molar-refractivity contribution >= 4 is 22.8 Å². The summed E-state index contributed by atoms with van der Waals surface area (Å²) in [5, 5.41) is 12.7. The number of amides is 1. The number of methoxy groups -OCH3 is 1. The molecule has 35 heavy (non-hydrogen) atoms. The molecule has 1 atom stereocenters. The first-order chi connectivity index (χ1) is 16.3. The number of carboxylic acid groups (broad SMARTS) is 1. The number of hydrogen-bond acceptors (Lipinski definition) is 5. The number of hydrogen-bond donors (Lipinski definition) is 2. The molecule has 0 saturated heterocycles. The smallest absolute Gasteiger partial charge is 0.416 e. The number of fused-ring (bicyclic) bond motifs is 1. The minimum absolute atomic E-state index is 0.0284. The highest BCUT2D eigenvalue weighted by Crippen LogP contribution is 2.33. The van der Waals surface area contributed by atoms with Crippen LogP contribution in [0.15, 0.2) is 48.5 Å². The van der Waals surface area contributed by atoms with Crippen LogP contribution in [0.2, 0.25) is 0 Å². The van der Waals surface area contributed by atoms with E-state index in [2.05, 4.69) is 10.3 Å². The zero-order chi connectivity index (χ0) is 26.0. The van der Waals surface area contributed by atoms with Gasteiger partial charge in [-0.1, -0.05) is 39.0 Å². The summed E-state index contributed by atoms with van der Waals surface area (Å²) in [6.07, 6.45) is -4.46. The fraction of sp³-hybridized carbons (Fsp3) is 0.320. The molecule has 0 saturated carbocycles. The maximum Gasteiger partial charge on any atom is 0.416 e. The van der Waals surface area contributed by atoms with Gasteiger partial charge in [0.15, 0.2) is 5.75 Å². The van der Waals surface area contributed by atoms with Crippen molar-refractivity contribution in [2.75, 3.05) is 7.11 Å². The number of nitrogens with one attached hydrogen (secondary N) is 1. The van der Waals surface area contributed by atoms with Crippen molar-refractivity contribution in [3.63, 3.8) is 0 Å². The highest BCUT2D eigenvalue weighted by molar-refractivity contribution is 6.04. The minimum Gasteiger partial charge on any atom is -0.486 e. The number of pyridine rings is 1. The molecule has 0 aliphatic rings. The lowest BCUT2D eigenvalue weighted by Crippen LogP contribution is -2.49. The Kier molecular flexibility index (Phi) is 7.23. The molecule has 186 valence electrons. The van der Waals surface area contributed by atoms with E-state index in [1.165, 1.54) is 25.3 Å². The predicted molar refractivity (Wildman–Crippen MR) is 122 cm³/mol. The lowest BCUT2D eigenvalue weighted by atomic mass is 9.86. The Hall–Kier alpha value is -3.82. The summed E-state index contributed by atoms with van der Waals surface area (Å²) >= 11 is 0. The number of aromatic nitrogens is 1. The highest BCUT2D eigenvalue weighted by Gasteiger charge is 2.34. The van der Waals surface area contributed by atoms with Crippen molar-refractivity contribution in [2.45, 2.75) is 39.6 Å². The number of carbonyl (C=O) groups is 2. The zero-order valence-electron chi connectivity index (χ0n) is 19.6. The summed E-state index contributed by atoms with van der Waals surface area (Å²) in [6, 6.07) is 9.71. The number of benzene rings is 2. The van der Waals surface area contributed by atoms with Crippen LogP contribution in [0.1, 0.15) is 42.3 Å². The van der Waals surface area contributed by atoms with Crippen LogP contribution in [0.25, 0.3) is 10.9 Å². The van der Waals surface area contributed by atoms with Gasteiger partial charge in [-0.15, -0.1) is 0 Å². The number of alkyl halides is 3. The van der Waals surface area contributed by atoms with Gasteiger partial charge in [-0.25, -0.2) is 9.78 Å². The first-order valence-corrected chi connectivity index (χ1v) is 10.6. The molecule has 2 N–H and O–H groups in total. The molecule has 1 heterocycles. The van der Waals surface area contributed by atoms with Gasteiger partial charge in [0.2, 0.25) is 5.88 Å². The van der Waals surface area contributed by atoms with E-state index in [1.807, 2.05) is 0 Å². The van der Waals surface area contributed by atoms with E-state index in [9.17, 15) is 27.9 Å². The summed E-state index contributed by atoms with van der Waals surface area (Å²) in [7, 11) is 1.42. The largest absolute Gasteiger partial charge is 0.486 e. The summed E-state index contributed by atoms with van der Waals surface area (Å²) in [5.41, 5.74) is -0.824. The van der Waals surface area contributed by atoms with Crippen molar-refractivity contribution in [1.82, 2.24) is 10.3 Å². The molecule has 0 radical (unpaired) electrons. The molecule has 0 aliphatic carbocycles. The fourth-order valence-electron chi connectivity index (χ4n) is 3.39. The number of halogens is 3. The van der Waals surface area contributed by atoms with Crippen molar-refractivity contribution < 1.29 is 37.3 Å². The van der Waals surface area contributed by atoms with Crippen LogP contribution in [-0.2, 0) is 17.6 Å². The Labute approximate surface area is 199 Å². The van der Waals surface area contributed by atoms with E-state index >= 15 is 0 Å². The summed E-state index contributed by atoms with van der Waals surface area (Å²) in [5.74, 6) is -1.58. The number of rotatable bonds is 7. The Morgan fingerprint density at radius 2 is 1.66 bits per heavy atom. The lowest BCUT2D eigenvalue weighted by Gasteiger charge is -2.28. The third kappa shape index (κ3) is 6.00. The maximum atomic E-state index is 13.2. The van der Waals surface area contributed by atoms with Gasteiger partial charge in [-0.05, 0) is 35.2 Å². The molecule has 1 amide bonds. The van der Waals surface area contributed by atoms with Crippen molar-refractivity contribution in [1.29, 1.82) is 0 Å². The molecular formula is C25H25F3N2O5. The van der Waals surface area contributed by atoms with Crippen LogP contribution >= 0.6 is 0 Å². The minimum atomic E-state index is -4.46. The van der Waals surface area contributed by atoms with Crippen molar-refractivity contribution in [2.24, 2.45) is 5.41 Å². The normalized spacial score (nSPS) is 12.8. The van der Waals surface area contributed by atoms with Gasteiger partial charge in [0.1, 0.15) is 18.2 Å².